The van der Waals surface area contributed by atoms with Gasteiger partial charge in [0.05, 0.1) is 13.0 Å². The summed E-state index contributed by atoms with van der Waals surface area (Å²) in [5.74, 6) is -0.142. The third-order valence-electron chi connectivity index (χ3n) is 2.63. The standard InChI is InChI=1S/C14H21NO2/c1-4-17-14(16)8-9-15-12(3)13-7-5-6-11(2)10-13/h5-7,10,12,15H,4,8-9H2,1-3H3/t12-/m1/s1. The SMILES string of the molecule is CCOC(=O)CCN[C@H](C)c1cccc(C)c1. The molecule has 0 fully saturated rings. The van der Waals surface area contributed by atoms with Crippen LogP contribution in [0.25, 0.3) is 0 Å². The van der Waals surface area contributed by atoms with Crippen LogP contribution in [0.5, 0.6) is 0 Å². The first-order valence-electron chi connectivity index (χ1n) is 6.09. The van der Waals surface area contributed by atoms with Gasteiger partial charge < -0.3 is 10.1 Å². The van der Waals surface area contributed by atoms with Gasteiger partial charge >= 0.3 is 5.97 Å². The number of rotatable bonds is 6. The Morgan fingerprint density at radius 1 is 1.47 bits per heavy atom. The predicted molar refractivity (Wildman–Crippen MR) is 68.8 cm³/mol. The maximum absolute atomic E-state index is 11.2. The molecule has 1 rings (SSSR count). The molecule has 1 aromatic carbocycles. The van der Waals surface area contributed by atoms with Gasteiger partial charge in [0.2, 0.25) is 0 Å². The summed E-state index contributed by atoms with van der Waals surface area (Å²) in [5.41, 5.74) is 2.50. The summed E-state index contributed by atoms with van der Waals surface area (Å²) in [6, 6.07) is 8.63. The van der Waals surface area contributed by atoms with Crippen LogP contribution in [0, 0.1) is 6.92 Å². The summed E-state index contributed by atoms with van der Waals surface area (Å²) in [5, 5.41) is 3.31. The highest BCUT2D eigenvalue weighted by Crippen LogP contribution is 2.13. The Bertz CT molecular complexity index is 363. The summed E-state index contributed by atoms with van der Waals surface area (Å²) in [6.45, 7) is 7.09. The number of benzene rings is 1. The molecule has 0 saturated heterocycles. The minimum Gasteiger partial charge on any atom is -0.466 e. The van der Waals surface area contributed by atoms with Crippen LogP contribution in [0.4, 0.5) is 0 Å². The van der Waals surface area contributed by atoms with Crippen LogP contribution in [0.1, 0.15) is 37.4 Å². The largest absolute Gasteiger partial charge is 0.466 e. The number of nitrogens with one attached hydrogen (secondary N) is 1. The number of esters is 1. The topological polar surface area (TPSA) is 38.3 Å². The lowest BCUT2D eigenvalue weighted by atomic mass is 10.1. The van der Waals surface area contributed by atoms with Gasteiger partial charge in [-0.1, -0.05) is 29.8 Å². The predicted octanol–water partition coefficient (Wildman–Crippen LogP) is 2.60. The molecule has 0 aliphatic heterocycles. The van der Waals surface area contributed by atoms with Gasteiger partial charge in [-0.15, -0.1) is 0 Å². The van der Waals surface area contributed by atoms with E-state index in [1.54, 1.807) is 0 Å². The molecular weight excluding hydrogens is 214 g/mol. The molecule has 0 amide bonds. The molecular formula is C14H21NO2. The van der Waals surface area contributed by atoms with Crippen molar-refractivity contribution < 1.29 is 9.53 Å². The van der Waals surface area contributed by atoms with Crippen molar-refractivity contribution in [2.45, 2.75) is 33.2 Å². The Labute approximate surface area is 103 Å². The molecule has 0 bridgehead atoms. The van der Waals surface area contributed by atoms with E-state index >= 15 is 0 Å². The maximum atomic E-state index is 11.2. The molecule has 0 aromatic heterocycles. The molecule has 1 aromatic rings. The third-order valence-corrected chi connectivity index (χ3v) is 2.63. The fraction of sp³-hybridized carbons (Fsp3) is 0.500. The first-order valence-corrected chi connectivity index (χ1v) is 6.09. The van der Waals surface area contributed by atoms with Crippen molar-refractivity contribution in [1.29, 1.82) is 0 Å². The molecule has 0 unspecified atom stereocenters. The summed E-state index contributed by atoms with van der Waals surface area (Å²) in [7, 11) is 0. The van der Waals surface area contributed by atoms with Crippen molar-refractivity contribution >= 4 is 5.97 Å². The molecule has 0 aliphatic rings. The van der Waals surface area contributed by atoms with Crippen molar-refractivity contribution in [2.24, 2.45) is 0 Å². The van der Waals surface area contributed by atoms with Crippen LogP contribution in [-0.2, 0) is 9.53 Å². The molecule has 1 N–H and O–H groups in total. The van der Waals surface area contributed by atoms with Crippen LogP contribution in [0.2, 0.25) is 0 Å². The summed E-state index contributed by atoms with van der Waals surface area (Å²) < 4.78 is 4.87. The highest BCUT2D eigenvalue weighted by molar-refractivity contribution is 5.69. The van der Waals surface area contributed by atoms with Gasteiger partial charge in [0.15, 0.2) is 0 Å². The van der Waals surface area contributed by atoms with Gasteiger partial charge in [0.25, 0.3) is 0 Å². The van der Waals surface area contributed by atoms with Crippen LogP contribution < -0.4 is 5.32 Å². The van der Waals surface area contributed by atoms with E-state index in [1.165, 1.54) is 11.1 Å². The molecule has 0 heterocycles. The van der Waals surface area contributed by atoms with E-state index in [9.17, 15) is 4.79 Å². The van der Waals surface area contributed by atoms with Crippen LogP contribution in [0.15, 0.2) is 24.3 Å². The summed E-state index contributed by atoms with van der Waals surface area (Å²) in [4.78, 5) is 11.2. The first-order chi connectivity index (χ1) is 8.13. The van der Waals surface area contributed by atoms with Crippen molar-refractivity contribution in [1.82, 2.24) is 5.32 Å². The van der Waals surface area contributed by atoms with E-state index in [4.69, 9.17) is 4.74 Å². The molecule has 0 radical (unpaired) electrons. The second kappa shape index (κ2) is 7.07. The number of hydrogen-bond donors (Lipinski definition) is 1. The zero-order chi connectivity index (χ0) is 12.7. The van der Waals surface area contributed by atoms with E-state index in [0.717, 1.165) is 0 Å². The molecule has 3 nitrogen and oxygen atoms in total. The van der Waals surface area contributed by atoms with Gasteiger partial charge in [-0.3, -0.25) is 4.79 Å². The van der Waals surface area contributed by atoms with Crippen molar-refractivity contribution in [3.05, 3.63) is 35.4 Å². The Kier molecular flexibility index (Phi) is 5.70. The third kappa shape index (κ3) is 5.00. The van der Waals surface area contributed by atoms with Crippen molar-refractivity contribution in [2.75, 3.05) is 13.2 Å². The molecule has 94 valence electrons. The minimum atomic E-state index is -0.142. The Balaban J connectivity index is 2.35. The van der Waals surface area contributed by atoms with E-state index < -0.39 is 0 Å². The molecule has 17 heavy (non-hydrogen) atoms. The zero-order valence-electron chi connectivity index (χ0n) is 10.8. The lowest BCUT2D eigenvalue weighted by molar-refractivity contribution is -0.143. The van der Waals surface area contributed by atoms with Crippen LogP contribution in [-0.4, -0.2) is 19.1 Å². The number of carbonyl (C=O) groups excluding carboxylic acids is 1. The summed E-state index contributed by atoms with van der Waals surface area (Å²) >= 11 is 0. The normalized spacial score (nSPS) is 12.2. The van der Waals surface area contributed by atoms with E-state index in [0.29, 0.717) is 19.6 Å². The average molecular weight is 235 g/mol. The maximum Gasteiger partial charge on any atom is 0.307 e. The van der Waals surface area contributed by atoms with Crippen LogP contribution >= 0.6 is 0 Å². The van der Waals surface area contributed by atoms with E-state index in [-0.39, 0.29) is 12.0 Å². The lowest BCUT2D eigenvalue weighted by Gasteiger charge is -2.14. The van der Waals surface area contributed by atoms with Gasteiger partial charge in [0.1, 0.15) is 0 Å². The van der Waals surface area contributed by atoms with Gasteiger partial charge in [-0.25, -0.2) is 0 Å². The smallest absolute Gasteiger partial charge is 0.307 e. The van der Waals surface area contributed by atoms with Gasteiger partial charge in [-0.05, 0) is 26.3 Å². The summed E-state index contributed by atoms with van der Waals surface area (Å²) in [6.07, 6.45) is 0.421. The van der Waals surface area contributed by atoms with Crippen LogP contribution in [0.3, 0.4) is 0 Å². The Morgan fingerprint density at radius 2 is 2.24 bits per heavy atom. The van der Waals surface area contributed by atoms with Gasteiger partial charge in [0, 0.05) is 12.6 Å². The van der Waals surface area contributed by atoms with E-state index in [1.807, 2.05) is 13.0 Å². The molecule has 0 spiro atoms. The van der Waals surface area contributed by atoms with Crippen molar-refractivity contribution in [3.8, 4) is 0 Å². The number of carbonyl (C=O) groups is 1. The molecule has 3 heteroatoms. The monoisotopic (exact) mass is 235 g/mol. The molecule has 0 aliphatic carbocycles. The molecule has 0 saturated carbocycles. The number of hydrogen-bond acceptors (Lipinski definition) is 3. The van der Waals surface area contributed by atoms with Gasteiger partial charge in [-0.2, -0.15) is 0 Å². The molecule has 1 atom stereocenters. The zero-order valence-corrected chi connectivity index (χ0v) is 10.8. The minimum absolute atomic E-state index is 0.142. The average Bonchev–Trinajstić information content (AvgIpc) is 2.29. The first kappa shape index (κ1) is 13.7. The lowest BCUT2D eigenvalue weighted by Crippen LogP contribution is -2.22. The fourth-order valence-corrected chi connectivity index (χ4v) is 1.68. The highest BCUT2D eigenvalue weighted by Gasteiger charge is 2.06. The van der Waals surface area contributed by atoms with Crippen molar-refractivity contribution in [3.63, 3.8) is 0 Å². The highest BCUT2D eigenvalue weighted by atomic mass is 16.5. The Hall–Kier alpha value is -1.35. The number of ether oxygens (including phenoxy) is 1. The number of aryl methyl sites for hydroxylation is 1. The second-order valence-corrected chi connectivity index (χ2v) is 4.14. The fourth-order valence-electron chi connectivity index (χ4n) is 1.68. The van der Waals surface area contributed by atoms with E-state index in [2.05, 4.69) is 37.4 Å². The quantitative estimate of drug-likeness (QED) is 0.770. The Morgan fingerprint density at radius 3 is 2.88 bits per heavy atom. The second-order valence-electron chi connectivity index (χ2n) is 4.14.